The summed E-state index contributed by atoms with van der Waals surface area (Å²) >= 11 is 0. The molecule has 0 fully saturated rings. The lowest BCUT2D eigenvalue weighted by molar-refractivity contribution is 0.112. The Morgan fingerprint density at radius 3 is 2.74 bits per heavy atom. The second kappa shape index (κ2) is 5.00. The van der Waals surface area contributed by atoms with Crippen molar-refractivity contribution in [2.24, 2.45) is 0 Å². The number of fused-ring (bicyclic) bond motifs is 1. The van der Waals surface area contributed by atoms with Crippen LogP contribution in [-0.2, 0) is 0 Å². The van der Waals surface area contributed by atoms with Gasteiger partial charge in [-0.2, -0.15) is 15.1 Å². The van der Waals surface area contributed by atoms with E-state index in [4.69, 9.17) is 4.74 Å². The van der Waals surface area contributed by atoms with Crippen molar-refractivity contribution in [2.75, 3.05) is 33.1 Å². The number of hydrogen-bond donors (Lipinski definition) is 2. The van der Waals surface area contributed by atoms with E-state index >= 15 is 0 Å². The Morgan fingerprint density at radius 2 is 2.11 bits per heavy atom. The molecule has 19 heavy (non-hydrogen) atoms. The molecule has 0 radical (unpaired) electrons. The highest BCUT2D eigenvalue weighted by molar-refractivity contribution is 5.80. The van der Waals surface area contributed by atoms with Gasteiger partial charge in [-0.15, -0.1) is 0 Å². The predicted molar refractivity (Wildman–Crippen MR) is 74.5 cm³/mol. The maximum Gasteiger partial charge on any atom is 0.229 e. The number of rotatable bonds is 5. The van der Waals surface area contributed by atoms with Crippen LogP contribution < -0.4 is 10.1 Å². The average molecular weight is 264 g/mol. The van der Waals surface area contributed by atoms with Crippen molar-refractivity contribution in [1.82, 2.24) is 25.1 Å². The Morgan fingerprint density at radius 1 is 1.37 bits per heavy atom. The molecule has 2 N–H and O–H groups in total. The summed E-state index contributed by atoms with van der Waals surface area (Å²) in [5, 5.41) is 10.5. The van der Waals surface area contributed by atoms with Crippen molar-refractivity contribution in [2.45, 2.75) is 19.4 Å². The first-order valence-electron chi connectivity index (χ1n) is 6.13. The smallest absolute Gasteiger partial charge is 0.229 e. The molecule has 0 aliphatic carbocycles. The van der Waals surface area contributed by atoms with E-state index in [2.05, 4.69) is 44.2 Å². The van der Waals surface area contributed by atoms with E-state index in [-0.39, 0.29) is 5.54 Å². The van der Waals surface area contributed by atoms with Gasteiger partial charge >= 0.3 is 0 Å². The van der Waals surface area contributed by atoms with E-state index in [0.29, 0.717) is 24.1 Å². The van der Waals surface area contributed by atoms with Gasteiger partial charge in [-0.3, -0.25) is 5.10 Å². The number of aromatic amines is 1. The van der Waals surface area contributed by atoms with Crippen LogP contribution in [0.1, 0.15) is 13.8 Å². The van der Waals surface area contributed by atoms with Gasteiger partial charge in [-0.1, -0.05) is 0 Å². The van der Waals surface area contributed by atoms with E-state index in [9.17, 15) is 0 Å². The van der Waals surface area contributed by atoms with Crippen LogP contribution in [-0.4, -0.2) is 58.4 Å². The zero-order valence-electron chi connectivity index (χ0n) is 12.0. The predicted octanol–water partition coefficient (Wildman–Crippen LogP) is 1.11. The van der Waals surface area contributed by atoms with Crippen LogP contribution in [0, 0.1) is 0 Å². The van der Waals surface area contributed by atoms with Crippen molar-refractivity contribution >= 4 is 17.0 Å². The first-order chi connectivity index (χ1) is 8.94. The maximum absolute atomic E-state index is 5.85. The number of anilines is 1. The number of likely N-dealkylation sites (N-methyl/N-ethyl adjacent to an activating group) is 1. The second-order valence-corrected chi connectivity index (χ2v) is 5.23. The molecule has 0 bridgehead atoms. The summed E-state index contributed by atoms with van der Waals surface area (Å²) in [6, 6.07) is 0. The number of nitrogens with zero attached hydrogens (tertiary/aromatic N) is 4. The Labute approximate surface area is 112 Å². The lowest BCUT2D eigenvalue weighted by atomic mass is 10.1. The first-order valence-corrected chi connectivity index (χ1v) is 6.13. The minimum absolute atomic E-state index is 0.0825. The third-order valence-corrected chi connectivity index (χ3v) is 3.27. The second-order valence-electron chi connectivity index (χ2n) is 5.23. The van der Waals surface area contributed by atoms with Crippen molar-refractivity contribution < 1.29 is 4.74 Å². The fourth-order valence-electron chi connectivity index (χ4n) is 1.40. The molecule has 0 aliphatic heterocycles. The Bertz CT molecular complexity index is 562. The highest BCUT2D eigenvalue weighted by atomic mass is 16.5. The molecule has 2 aromatic heterocycles. The van der Waals surface area contributed by atoms with Gasteiger partial charge in [0.1, 0.15) is 12.0 Å². The Balaban J connectivity index is 2.27. The molecule has 0 amide bonds. The van der Waals surface area contributed by atoms with Crippen molar-refractivity contribution in [3.8, 4) is 5.88 Å². The van der Waals surface area contributed by atoms with E-state index < -0.39 is 0 Å². The normalized spacial score (nSPS) is 12.1. The van der Waals surface area contributed by atoms with Gasteiger partial charge in [0.05, 0.1) is 6.20 Å². The molecule has 0 atom stereocenters. The van der Waals surface area contributed by atoms with Gasteiger partial charge in [0.15, 0.2) is 5.65 Å². The van der Waals surface area contributed by atoms with Gasteiger partial charge < -0.3 is 15.0 Å². The van der Waals surface area contributed by atoms with Gasteiger partial charge in [-0.05, 0) is 27.9 Å². The molecular formula is C12H20N6O. The van der Waals surface area contributed by atoms with Crippen LogP contribution in [0.3, 0.4) is 0 Å². The molecule has 2 aromatic rings. The van der Waals surface area contributed by atoms with Crippen LogP contribution in [0.2, 0.25) is 0 Å². The molecule has 0 aromatic carbocycles. The molecule has 7 nitrogen and oxygen atoms in total. The van der Waals surface area contributed by atoms with Crippen molar-refractivity contribution in [3.63, 3.8) is 0 Å². The zero-order chi connectivity index (χ0) is 14.0. The summed E-state index contributed by atoms with van der Waals surface area (Å²) in [6.45, 7) is 4.75. The molecule has 104 valence electrons. The minimum atomic E-state index is -0.0825. The monoisotopic (exact) mass is 264 g/mol. The standard InChI is InChI=1S/C12H20N6O/c1-12(2,18(4)5)7-19-10-8-6-14-17-9(8)15-11(13-3)16-10/h6H,7H2,1-5H3,(H2,13,14,15,16,17). The lowest BCUT2D eigenvalue weighted by Gasteiger charge is -2.31. The van der Waals surface area contributed by atoms with Crippen LogP contribution in [0.5, 0.6) is 5.88 Å². The molecule has 7 heteroatoms. The zero-order valence-corrected chi connectivity index (χ0v) is 12.0. The van der Waals surface area contributed by atoms with Crippen LogP contribution in [0.15, 0.2) is 6.20 Å². The lowest BCUT2D eigenvalue weighted by Crippen LogP contribution is -2.43. The van der Waals surface area contributed by atoms with Gasteiger partial charge in [0.2, 0.25) is 11.8 Å². The first kappa shape index (κ1) is 13.5. The summed E-state index contributed by atoms with van der Waals surface area (Å²) in [7, 11) is 5.82. The number of aromatic nitrogens is 4. The maximum atomic E-state index is 5.85. The number of ether oxygens (including phenoxy) is 1. The summed E-state index contributed by atoms with van der Waals surface area (Å²) in [4.78, 5) is 10.7. The largest absolute Gasteiger partial charge is 0.475 e. The van der Waals surface area contributed by atoms with Crippen molar-refractivity contribution in [3.05, 3.63) is 6.20 Å². The molecule has 0 unspecified atom stereocenters. The highest BCUT2D eigenvalue weighted by Crippen LogP contribution is 2.23. The molecule has 0 saturated carbocycles. The van der Waals surface area contributed by atoms with Gasteiger partial charge in [-0.25, -0.2) is 0 Å². The van der Waals surface area contributed by atoms with E-state index in [1.165, 1.54) is 0 Å². The SMILES string of the molecule is CNc1nc(OCC(C)(C)N(C)C)c2cn[nH]c2n1. The van der Waals surface area contributed by atoms with Crippen LogP contribution in [0.25, 0.3) is 11.0 Å². The van der Waals surface area contributed by atoms with Crippen LogP contribution in [0.4, 0.5) is 5.95 Å². The molecule has 0 spiro atoms. The summed E-state index contributed by atoms with van der Waals surface area (Å²) in [6.07, 6.45) is 1.67. The van der Waals surface area contributed by atoms with E-state index in [0.717, 1.165) is 5.39 Å². The quantitative estimate of drug-likeness (QED) is 0.842. The van der Waals surface area contributed by atoms with Gasteiger partial charge in [0.25, 0.3) is 0 Å². The molecule has 2 rings (SSSR count). The van der Waals surface area contributed by atoms with Gasteiger partial charge in [0, 0.05) is 12.6 Å². The highest BCUT2D eigenvalue weighted by Gasteiger charge is 2.22. The number of nitrogens with one attached hydrogen (secondary N) is 2. The number of H-pyrrole nitrogens is 1. The Kier molecular flexibility index (Phi) is 3.57. The molecule has 0 aliphatic rings. The third-order valence-electron chi connectivity index (χ3n) is 3.27. The number of hydrogen-bond acceptors (Lipinski definition) is 6. The fraction of sp³-hybridized carbons (Fsp3) is 0.583. The van der Waals surface area contributed by atoms with E-state index in [1.807, 2.05) is 14.1 Å². The van der Waals surface area contributed by atoms with E-state index in [1.54, 1.807) is 13.2 Å². The van der Waals surface area contributed by atoms with Crippen LogP contribution >= 0.6 is 0 Å². The third kappa shape index (κ3) is 2.76. The molecule has 2 heterocycles. The summed E-state index contributed by atoms with van der Waals surface area (Å²) in [5.41, 5.74) is 0.581. The minimum Gasteiger partial charge on any atom is -0.475 e. The summed E-state index contributed by atoms with van der Waals surface area (Å²) in [5.74, 6) is 1.05. The molecule has 0 saturated heterocycles. The topological polar surface area (TPSA) is 79.0 Å². The Hall–Kier alpha value is -1.89. The summed E-state index contributed by atoms with van der Waals surface area (Å²) < 4.78 is 5.85. The van der Waals surface area contributed by atoms with Crippen molar-refractivity contribution in [1.29, 1.82) is 0 Å². The average Bonchev–Trinajstić information content (AvgIpc) is 2.83. The molecular weight excluding hydrogens is 244 g/mol. The fourth-order valence-corrected chi connectivity index (χ4v) is 1.40.